The molecule has 72 valence electrons. The lowest BCUT2D eigenvalue weighted by atomic mass is 9.97. The standard InChI is InChI=1S/C11H9Cl2N/c1-8(12)6-10(7-14)9-2-4-11(13)5-3-9/h2-5,10H,1,6H2. The van der Waals surface area contributed by atoms with E-state index in [0.717, 1.165) is 5.56 Å². The van der Waals surface area contributed by atoms with E-state index in [-0.39, 0.29) is 5.92 Å². The SMILES string of the molecule is C=C(Cl)CC(C#N)c1ccc(Cl)cc1. The van der Waals surface area contributed by atoms with Gasteiger partial charge in [0.1, 0.15) is 0 Å². The summed E-state index contributed by atoms with van der Waals surface area (Å²) in [5.41, 5.74) is 0.915. The quantitative estimate of drug-likeness (QED) is 0.761. The summed E-state index contributed by atoms with van der Waals surface area (Å²) in [6.45, 7) is 3.57. The third-order valence-corrected chi connectivity index (χ3v) is 2.26. The molecule has 0 aromatic heterocycles. The van der Waals surface area contributed by atoms with Gasteiger partial charge in [-0.1, -0.05) is 41.9 Å². The minimum absolute atomic E-state index is 0.239. The number of halogens is 2. The highest BCUT2D eigenvalue weighted by molar-refractivity contribution is 6.30. The summed E-state index contributed by atoms with van der Waals surface area (Å²) in [5, 5.41) is 10.1. The Kier molecular flexibility index (Phi) is 4.00. The largest absolute Gasteiger partial charge is 0.198 e. The molecule has 0 aliphatic carbocycles. The van der Waals surface area contributed by atoms with E-state index < -0.39 is 0 Å². The number of hydrogen-bond donors (Lipinski definition) is 0. The first-order chi connectivity index (χ1) is 6.63. The van der Waals surface area contributed by atoms with Gasteiger partial charge in [0, 0.05) is 16.5 Å². The van der Waals surface area contributed by atoms with Crippen LogP contribution < -0.4 is 0 Å². The third kappa shape index (κ3) is 3.06. The van der Waals surface area contributed by atoms with Crippen LogP contribution in [0.1, 0.15) is 17.9 Å². The number of nitrogens with zero attached hydrogens (tertiary/aromatic N) is 1. The predicted octanol–water partition coefficient (Wildman–Crippen LogP) is 4.09. The topological polar surface area (TPSA) is 23.8 Å². The van der Waals surface area contributed by atoms with Crippen molar-refractivity contribution in [3.63, 3.8) is 0 Å². The minimum atomic E-state index is -0.239. The predicted molar refractivity (Wildman–Crippen MR) is 59.4 cm³/mol. The van der Waals surface area contributed by atoms with Crippen LogP contribution in [0, 0.1) is 11.3 Å². The summed E-state index contributed by atoms with van der Waals surface area (Å²) in [7, 11) is 0. The van der Waals surface area contributed by atoms with Gasteiger partial charge in [-0.25, -0.2) is 0 Å². The van der Waals surface area contributed by atoms with Gasteiger partial charge < -0.3 is 0 Å². The van der Waals surface area contributed by atoms with Gasteiger partial charge in [0.15, 0.2) is 0 Å². The molecule has 0 bridgehead atoms. The van der Waals surface area contributed by atoms with E-state index in [9.17, 15) is 0 Å². The Morgan fingerprint density at radius 1 is 1.43 bits per heavy atom. The van der Waals surface area contributed by atoms with Crippen LogP contribution >= 0.6 is 23.2 Å². The Morgan fingerprint density at radius 3 is 2.43 bits per heavy atom. The monoisotopic (exact) mass is 225 g/mol. The minimum Gasteiger partial charge on any atom is -0.198 e. The molecular weight excluding hydrogens is 217 g/mol. The molecule has 1 aromatic carbocycles. The molecule has 0 spiro atoms. The summed E-state index contributed by atoms with van der Waals surface area (Å²) in [6.07, 6.45) is 0.472. The molecule has 3 heteroatoms. The molecule has 1 unspecified atom stereocenters. The van der Waals surface area contributed by atoms with Gasteiger partial charge in [-0.05, 0) is 17.7 Å². The van der Waals surface area contributed by atoms with Crippen LogP contribution in [-0.2, 0) is 0 Å². The zero-order valence-electron chi connectivity index (χ0n) is 7.50. The van der Waals surface area contributed by atoms with Crippen LogP contribution in [0.4, 0.5) is 0 Å². The average molecular weight is 226 g/mol. The van der Waals surface area contributed by atoms with Crippen molar-refractivity contribution in [1.82, 2.24) is 0 Å². The number of allylic oxidation sites excluding steroid dienone is 1. The van der Waals surface area contributed by atoms with Crippen molar-refractivity contribution in [3.05, 3.63) is 46.5 Å². The van der Waals surface area contributed by atoms with Crippen molar-refractivity contribution < 1.29 is 0 Å². The second kappa shape index (κ2) is 5.05. The van der Waals surface area contributed by atoms with Gasteiger partial charge >= 0.3 is 0 Å². The maximum atomic E-state index is 8.91. The summed E-state index contributed by atoms with van der Waals surface area (Å²) in [5.74, 6) is -0.239. The van der Waals surface area contributed by atoms with Gasteiger partial charge in [-0.2, -0.15) is 5.26 Å². The molecule has 0 amide bonds. The fourth-order valence-corrected chi connectivity index (χ4v) is 1.43. The Bertz CT molecular complexity index is 362. The Morgan fingerprint density at radius 2 is 2.00 bits per heavy atom. The molecular formula is C11H9Cl2N. The van der Waals surface area contributed by atoms with E-state index >= 15 is 0 Å². The summed E-state index contributed by atoms with van der Waals surface area (Å²) in [4.78, 5) is 0. The third-order valence-electron chi connectivity index (χ3n) is 1.85. The molecule has 0 radical (unpaired) electrons. The molecule has 14 heavy (non-hydrogen) atoms. The first-order valence-corrected chi connectivity index (χ1v) is 4.87. The average Bonchev–Trinajstić information content (AvgIpc) is 2.15. The van der Waals surface area contributed by atoms with E-state index in [4.69, 9.17) is 28.5 Å². The highest BCUT2D eigenvalue weighted by Gasteiger charge is 2.10. The van der Waals surface area contributed by atoms with Crippen LogP contribution in [0.15, 0.2) is 35.9 Å². The van der Waals surface area contributed by atoms with Crippen LogP contribution in [-0.4, -0.2) is 0 Å². The van der Waals surface area contributed by atoms with Crippen LogP contribution in [0.3, 0.4) is 0 Å². The van der Waals surface area contributed by atoms with E-state index in [2.05, 4.69) is 12.6 Å². The van der Waals surface area contributed by atoms with E-state index in [1.54, 1.807) is 12.1 Å². The lowest BCUT2D eigenvalue weighted by Gasteiger charge is -2.07. The first kappa shape index (κ1) is 11.1. The van der Waals surface area contributed by atoms with Crippen LogP contribution in [0.5, 0.6) is 0 Å². The van der Waals surface area contributed by atoms with Gasteiger partial charge in [-0.3, -0.25) is 0 Å². The molecule has 1 atom stereocenters. The fourth-order valence-electron chi connectivity index (χ4n) is 1.15. The van der Waals surface area contributed by atoms with E-state index in [0.29, 0.717) is 16.5 Å². The summed E-state index contributed by atoms with van der Waals surface area (Å²) in [6, 6.07) is 9.36. The van der Waals surface area contributed by atoms with Crippen LogP contribution in [0.2, 0.25) is 5.02 Å². The Hall–Kier alpha value is -0.970. The molecule has 1 nitrogen and oxygen atoms in total. The first-order valence-electron chi connectivity index (χ1n) is 4.12. The van der Waals surface area contributed by atoms with Crippen LogP contribution in [0.25, 0.3) is 0 Å². The van der Waals surface area contributed by atoms with E-state index in [1.807, 2.05) is 12.1 Å². The van der Waals surface area contributed by atoms with Gasteiger partial charge in [0.25, 0.3) is 0 Å². The van der Waals surface area contributed by atoms with Crippen molar-refractivity contribution in [2.75, 3.05) is 0 Å². The molecule has 0 aliphatic rings. The van der Waals surface area contributed by atoms with Crippen molar-refractivity contribution >= 4 is 23.2 Å². The van der Waals surface area contributed by atoms with E-state index in [1.165, 1.54) is 0 Å². The number of benzene rings is 1. The molecule has 0 saturated carbocycles. The Labute approximate surface area is 93.6 Å². The lowest BCUT2D eigenvalue weighted by molar-refractivity contribution is 0.869. The maximum absolute atomic E-state index is 8.91. The molecule has 1 rings (SSSR count). The van der Waals surface area contributed by atoms with Gasteiger partial charge in [-0.15, -0.1) is 0 Å². The second-order valence-corrected chi connectivity index (χ2v) is 3.93. The number of rotatable bonds is 3. The highest BCUT2D eigenvalue weighted by Crippen LogP contribution is 2.24. The molecule has 1 aromatic rings. The molecule has 0 saturated heterocycles. The maximum Gasteiger partial charge on any atom is 0.0761 e. The number of hydrogen-bond acceptors (Lipinski definition) is 1. The Balaban J connectivity index is 2.85. The smallest absolute Gasteiger partial charge is 0.0761 e. The second-order valence-electron chi connectivity index (χ2n) is 2.95. The van der Waals surface area contributed by atoms with Gasteiger partial charge in [0.2, 0.25) is 0 Å². The zero-order valence-corrected chi connectivity index (χ0v) is 9.02. The van der Waals surface area contributed by atoms with Gasteiger partial charge in [0.05, 0.1) is 12.0 Å². The van der Waals surface area contributed by atoms with Crippen molar-refractivity contribution in [3.8, 4) is 6.07 Å². The fraction of sp³-hybridized carbons (Fsp3) is 0.182. The van der Waals surface area contributed by atoms with Crippen molar-refractivity contribution in [2.45, 2.75) is 12.3 Å². The zero-order chi connectivity index (χ0) is 10.6. The molecule has 0 heterocycles. The van der Waals surface area contributed by atoms with Crippen molar-refractivity contribution in [2.24, 2.45) is 0 Å². The van der Waals surface area contributed by atoms with Crippen molar-refractivity contribution in [1.29, 1.82) is 5.26 Å². The molecule has 0 aliphatic heterocycles. The molecule has 0 fully saturated rings. The number of nitriles is 1. The summed E-state index contributed by atoms with van der Waals surface area (Å²) < 4.78 is 0. The highest BCUT2D eigenvalue weighted by atomic mass is 35.5. The molecule has 0 N–H and O–H groups in total. The lowest BCUT2D eigenvalue weighted by Crippen LogP contribution is -1.94. The normalized spacial score (nSPS) is 11.8. The summed E-state index contributed by atoms with van der Waals surface area (Å²) >= 11 is 11.4.